The predicted molar refractivity (Wildman–Crippen MR) is 79.6 cm³/mol. The molecule has 0 fully saturated rings. The van der Waals surface area contributed by atoms with E-state index in [1.807, 2.05) is 44.3 Å². The molecule has 18 heavy (non-hydrogen) atoms. The molecule has 1 rings (SSSR count). The van der Waals surface area contributed by atoms with Gasteiger partial charge in [-0.3, -0.25) is 10.9 Å². The monoisotopic (exact) mass is 245 g/mol. The molecule has 0 aliphatic rings. The summed E-state index contributed by atoms with van der Waals surface area (Å²) in [4.78, 5) is 0. The lowest BCUT2D eigenvalue weighted by molar-refractivity contribution is 0.596. The van der Waals surface area contributed by atoms with Gasteiger partial charge in [-0.15, -0.1) is 0 Å². The maximum absolute atomic E-state index is 5.35. The van der Waals surface area contributed by atoms with Crippen molar-refractivity contribution in [1.82, 2.24) is 10.9 Å². The van der Waals surface area contributed by atoms with Crippen LogP contribution in [0.5, 0.6) is 0 Å². The van der Waals surface area contributed by atoms with E-state index in [0.29, 0.717) is 5.70 Å². The smallest absolute Gasteiger partial charge is 0.0350 e. The second kappa shape index (κ2) is 11.6. The normalized spacial score (nSPS) is 10.9. The Morgan fingerprint density at radius 2 is 2.00 bits per heavy atom. The molecule has 0 saturated carbocycles. The van der Waals surface area contributed by atoms with Crippen molar-refractivity contribution in [3.63, 3.8) is 0 Å². The van der Waals surface area contributed by atoms with Crippen LogP contribution in [0.25, 0.3) is 0 Å². The predicted octanol–water partition coefficient (Wildman–Crippen LogP) is 2.50. The lowest BCUT2D eigenvalue weighted by Gasteiger charge is -2.00. The molecule has 0 atom stereocenters. The molecule has 0 unspecified atom stereocenters. The summed E-state index contributed by atoms with van der Waals surface area (Å²) in [6.07, 6.45) is 7.19. The summed E-state index contributed by atoms with van der Waals surface area (Å²) in [5, 5.41) is 0. The van der Waals surface area contributed by atoms with Crippen molar-refractivity contribution in [2.24, 2.45) is 5.73 Å². The fourth-order valence-electron chi connectivity index (χ4n) is 1.06. The maximum Gasteiger partial charge on any atom is 0.0350 e. The molecule has 0 bridgehead atoms. The van der Waals surface area contributed by atoms with Gasteiger partial charge in [0.25, 0.3) is 0 Å². The van der Waals surface area contributed by atoms with E-state index in [1.165, 1.54) is 5.56 Å². The number of allylic oxidation sites excluding steroid dienone is 4. The van der Waals surface area contributed by atoms with E-state index in [-0.39, 0.29) is 0 Å². The Labute approximate surface area is 110 Å². The molecule has 0 aromatic heterocycles. The van der Waals surface area contributed by atoms with Crippen molar-refractivity contribution in [1.29, 1.82) is 0 Å². The largest absolute Gasteiger partial charge is 0.399 e. The highest BCUT2D eigenvalue weighted by molar-refractivity contribution is 5.17. The Hall–Kier alpha value is -1.84. The van der Waals surface area contributed by atoms with Gasteiger partial charge in [-0.05, 0) is 31.7 Å². The van der Waals surface area contributed by atoms with E-state index < -0.39 is 0 Å². The zero-order valence-electron chi connectivity index (χ0n) is 11.2. The number of nitrogens with two attached hydrogens (primary N) is 1. The van der Waals surface area contributed by atoms with Gasteiger partial charge in [0, 0.05) is 12.2 Å². The molecular weight excluding hydrogens is 222 g/mol. The Kier molecular flexibility index (Phi) is 10.4. The zero-order valence-corrected chi connectivity index (χ0v) is 11.2. The van der Waals surface area contributed by atoms with E-state index in [9.17, 15) is 0 Å². The van der Waals surface area contributed by atoms with Gasteiger partial charge < -0.3 is 5.73 Å². The summed E-state index contributed by atoms with van der Waals surface area (Å²) >= 11 is 0. The fraction of sp³-hybridized carbons (Fsp3) is 0.200. The molecule has 98 valence electrons. The first kappa shape index (κ1) is 16.2. The summed E-state index contributed by atoms with van der Waals surface area (Å²) in [5.74, 6) is 0. The van der Waals surface area contributed by atoms with Crippen LogP contribution in [0.2, 0.25) is 0 Å². The van der Waals surface area contributed by atoms with Crippen LogP contribution in [0, 0.1) is 0 Å². The van der Waals surface area contributed by atoms with E-state index >= 15 is 0 Å². The standard InChI is InChI=1S/C8H12N2.C7H11N/c1-9-10-7-8-5-3-2-4-6-8;1-3-5-6-7(8)4-2/h2-6,9-10H,7H2,1H3;3-6H,2,8H2,1H3/b;5-3-,7-6+. The van der Waals surface area contributed by atoms with Crippen LogP contribution >= 0.6 is 0 Å². The topological polar surface area (TPSA) is 50.1 Å². The first-order valence-electron chi connectivity index (χ1n) is 5.89. The fourth-order valence-corrected chi connectivity index (χ4v) is 1.06. The first-order valence-corrected chi connectivity index (χ1v) is 5.89. The molecule has 3 heteroatoms. The van der Waals surface area contributed by atoms with Gasteiger partial charge in [0.05, 0.1) is 0 Å². The summed E-state index contributed by atoms with van der Waals surface area (Å²) in [7, 11) is 1.86. The van der Waals surface area contributed by atoms with Gasteiger partial charge in [-0.1, -0.05) is 49.1 Å². The average Bonchev–Trinajstić information content (AvgIpc) is 2.44. The number of nitrogens with one attached hydrogen (secondary N) is 2. The Morgan fingerprint density at radius 3 is 2.50 bits per heavy atom. The summed E-state index contributed by atoms with van der Waals surface area (Å²) < 4.78 is 0. The van der Waals surface area contributed by atoms with E-state index in [0.717, 1.165) is 6.54 Å². The molecule has 0 amide bonds. The first-order chi connectivity index (χ1) is 8.74. The number of rotatable bonds is 5. The van der Waals surface area contributed by atoms with Crippen molar-refractivity contribution in [2.45, 2.75) is 13.5 Å². The molecule has 0 heterocycles. The zero-order chi connectivity index (χ0) is 13.6. The van der Waals surface area contributed by atoms with Crippen LogP contribution in [-0.4, -0.2) is 7.05 Å². The molecular formula is C15H23N3. The van der Waals surface area contributed by atoms with E-state index in [2.05, 4.69) is 29.6 Å². The number of hydrogen-bond donors (Lipinski definition) is 3. The van der Waals surface area contributed by atoms with Gasteiger partial charge >= 0.3 is 0 Å². The molecule has 0 aliphatic heterocycles. The minimum Gasteiger partial charge on any atom is -0.399 e. The third-order valence-corrected chi connectivity index (χ3v) is 2.03. The lowest BCUT2D eigenvalue weighted by atomic mass is 10.2. The Balaban J connectivity index is 0.000000331. The van der Waals surface area contributed by atoms with Crippen molar-refractivity contribution in [3.05, 3.63) is 72.5 Å². The summed E-state index contributed by atoms with van der Waals surface area (Å²) in [6.45, 7) is 6.30. The maximum atomic E-state index is 5.35. The van der Waals surface area contributed by atoms with Crippen LogP contribution < -0.4 is 16.6 Å². The van der Waals surface area contributed by atoms with Crippen molar-refractivity contribution < 1.29 is 0 Å². The highest BCUT2D eigenvalue weighted by atomic mass is 15.3. The Morgan fingerprint density at radius 1 is 1.33 bits per heavy atom. The van der Waals surface area contributed by atoms with Crippen molar-refractivity contribution in [2.75, 3.05) is 7.05 Å². The highest BCUT2D eigenvalue weighted by Crippen LogP contribution is 1.95. The molecule has 1 aromatic carbocycles. The van der Waals surface area contributed by atoms with Crippen LogP contribution in [0.3, 0.4) is 0 Å². The van der Waals surface area contributed by atoms with Gasteiger partial charge in [0.1, 0.15) is 0 Å². The van der Waals surface area contributed by atoms with Crippen LogP contribution in [0.15, 0.2) is 66.9 Å². The molecule has 4 N–H and O–H groups in total. The second-order valence-corrected chi connectivity index (χ2v) is 3.49. The van der Waals surface area contributed by atoms with Gasteiger partial charge in [0.15, 0.2) is 0 Å². The average molecular weight is 245 g/mol. The van der Waals surface area contributed by atoms with Gasteiger partial charge in [-0.2, -0.15) is 0 Å². The van der Waals surface area contributed by atoms with Gasteiger partial charge in [-0.25, -0.2) is 0 Å². The number of hydrogen-bond acceptors (Lipinski definition) is 3. The molecule has 0 saturated heterocycles. The summed E-state index contributed by atoms with van der Waals surface area (Å²) in [6, 6.07) is 10.3. The van der Waals surface area contributed by atoms with Crippen LogP contribution in [0.1, 0.15) is 12.5 Å². The molecule has 0 spiro atoms. The Bertz CT molecular complexity index is 367. The quantitative estimate of drug-likeness (QED) is 0.552. The van der Waals surface area contributed by atoms with Crippen LogP contribution in [-0.2, 0) is 6.54 Å². The van der Waals surface area contributed by atoms with Crippen LogP contribution in [0.4, 0.5) is 0 Å². The van der Waals surface area contributed by atoms with Gasteiger partial charge in [0.2, 0.25) is 0 Å². The van der Waals surface area contributed by atoms with Crippen molar-refractivity contribution in [3.8, 4) is 0 Å². The molecule has 3 nitrogen and oxygen atoms in total. The van der Waals surface area contributed by atoms with Crippen molar-refractivity contribution >= 4 is 0 Å². The summed E-state index contributed by atoms with van der Waals surface area (Å²) in [5.41, 5.74) is 13.2. The van der Waals surface area contributed by atoms with E-state index in [4.69, 9.17) is 5.73 Å². The highest BCUT2D eigenvalue weighted by Gasteiger charge is 1.85. The number of hydrazine groups is 1. The molecule has 0 aliphatic carbocycles. The second-order valence-electron chi connectivity index (χ2n) is 3.49. The molecule has 1 aromatic rings. The number of benzene rings is 1. The SMILES string of the molecule is C=C/C(N)=C\C=C/C.CNNCc1ccccc1. The third kappa shape index (κ3) is 9.39. The minimum atomic E-state index is 0.697. The van der Waals surface area contributed by atoms with E-state index in [1.54, 1.807) is 12.2 Å². The minimum absolute atomic E-state index is 0.697. The lowest BCUT2D eigenvalue weighted by Crippen LogP contribution is -2.26. The molecule has 0 radical (unpaired) electrons. The third-order valence-electron chi connectivity index (χ3n) is 2.03.